The Morgan fingerprint density at radius 1 is 1.15 bits per heavy atom. The zero-order chi connectivity index (χ0) is 34.5. The van der Waals surface area contributed by atoms with Crippen LogP contribution < -0.4 is 14.4 Å². The molecule has 48 heavy (non-hydrogen) atoms. The van der Waals surface area contributed by atoms with Crippen LogP contribution in [0.4, 0.5) is 5.69 Å². The van der Waals surface area contributed by atoms with Gasteiger partial charge in [0, 0.05) is 29.1 Å². The highest BCUT2D eigenvalue weighted by Crippen LogP contribution is 2.47. The van der Waals surface area contributed by atoms with Gasteiger partial charge in [-0.05, 0) is 116 Å². The summed E-state index contributed by atoms with van der Waals surface area (Å²) < 4.78 is 43.0. The number of halogens is 1. The highest BCUT2D eigenvalue weighted by molar-refractivity contribution is 7.90. The SMILES string of the molecule is CC(C)(C)[Si](C)(C)OC[C@@H]1CC/C=C\[C@H](O)[C@@H]2CC[C@H]2CN2C[C@@]3(CCCc4cc(Cl)ccc43)COc3ccc(cc32)C(=O)NS1(=O)=O. The number of nitrogens with zero attached hydrogens (tertiary/aromatic N) is 1. The Morgan fingerprint density at radius 2 is 1.94 bits per heavy atom. The molecule has 0 aromatic heterocycles. The zero-order valence-corrected chi connectivity index (χ0v) is 31.5. The monoisotopic (exact) mass is 714 g/mol. The number of anilines is 1. The van der Waals surface area contributed by atoms with Gasteiger partial charge < -0.3 is 19.2 Å². The van der Waals surface area contributed by atoms with Crippen molar-refractivity contribution >= 4 is 41.5 Å². The molecule has 2 aliphatic heterocycles. The molecule has 0 unspecified atom stereocenters. The van der Waals surface area contributed by atoms with Gasteiger partial charge in [0.25, 0.3) is 5.91 Å². The first-order valence-corrected chi connectivity index (χ1v) is 22.3. The molecule has 1 spiro atoms. The van der Waals surface area contributed by atoms with Gasteiger partial charge in [-0.15, -0.1) is 0 Å². The molecule has 0 radical (unpaired) electrons. The second-order valence-corrected chi connectivity index (χ2v) is 23.2. The fourth-order valence-corrected chi connectivity index (χ4v) is 10.2. The minimum atomic E-state index is -4.09. The first kappa shape index (κ1) is 35.5. The predicted octanol–water partition coefficient (Wildman–Crippen LogP) is 7.00. The molecule has 2 bridgehead atoms. The topological polar surface area (TPSA) is 105 Å². The number of carbonyl (C=O) groups excluding carboxylic acids is 1. The Kier molecular flexibility index (Phi) is 9.89. The average molecular weight is 715 g/mol. The molecule has 2 aromatic carbocycles. The maximum absolute atomic E-state index is 13.8. The van der Waals surface area contributed by atoms with Crippen molar-refractivity contribution in [2.24, 2.45) is 11.8 Å². The predicted molar refractivity (Wildman–Crippen MR) is 194 cm³/mol. The Labute approximate surface area is 292 Å². The van der Waals surface area contributed by atoms with E-state index in [1.54, 1.807) is 18.2 Å². The summed E-state index contributed by atoms with van der Waals surface area (Å²) in [6.45, 7) is 12.4. The quantitative estimate of drug-likeness (QED) is 0.261. The van der Waals surface area contributed by atoms with Crippen molar-refractivity contribution in [1.29, 1.82) is 0 Å². The first-order valence-electron chi connectivity index (χ1n) is 17.4. The summed E-state index contributed by atoms with van der Waals surface area (Å²) >= 11 is 6.42. The Bertz CT molecular complexity index is 1670. The van der Waals surface area contributed by atoms with Crippen LogP contribution in [0.2, 0.25) is 23.2 Å². The molecule has 2 aliphatic carbocycles. The van der Waals surface area contributed by atoms with Crippen molar-refractivity contribution in [1.82, 2.24) is 4.72 Å². The summed E-state index contributed by atoms with van der Waals surface area (Å²) in [5, 5.41) is 11.0. The van der Waals surface area contributed by atoms with E-state index in [1.807, 2.05) is 18.2 Å². The van der Waals surface area contributed by atoms with Gasteiger partial charge in [-0.3, -0.25) is 4.79 Å². The minimum Gasteiger partial charge on any atom is -0.490 e. The van der Waals surface area contributed by atoms with Gasteiger partial charge in [0.15, 0.2) is 8.32 Å². The number of amides is 1. The van der Waals surface area contributed by atoms with Crippen LogP contribution in [0.15, 0.2) is 48.6 Å². The van der Waals surface area contributed by atoms with Crippen molar-refractivity contribution in [3.05, 3.63) is 70.3 Å². The molecule has 1 saturated carbocycles. The lowest BCUT2D eigenvalue weighted by atomic mass is 9.68. The lowest BCUT2D eigenvalue weighted by Gasteiger charge is -2.45. The molecule has 5 atom stereocenters. The molecule has 6 rings (SSSR count). The van der Waals surface area contributed by atoms with Gasteiger partial charge in [-0.25, -0.2) is 13.1 Å². The van der Waals surface area contributed by atoms with Crippen molar-refractivity contribution in [3.63, 3.8) is 0 Å². The van der Waals surface area contributed by atoms with Crippen LogP contribution >= 0.6 is 11.6 Å². The lowest BCUT2D eigenvalue weighted by molar-refractivity contribution is 0.0456. The van der Waals surface area contributed by atoms with E-state index >= 15 is 0 Å². The zero-order valence-electron chi connectivity index (χ0n) is 28.9. The van der Waals surface area contributed by atoms with E-state index in [0.717, 1.165) is 42.8 Å². The van der Waals surface area contributed by atoms with Gasteiger partial charge in [0.05, 0.1) is 25.0 Å². The van der Waals surface area contributed by atoms with Crippen molar-refractivity contribution in [2.45, 2.75) is 101 Å². The normalized spacial score (nSPS) is 29.8. The number of rotatable bonds is 3. The first-order chi connectivity index (χ1) is 22.6. The third-order valence-corrected chi connectivity index (χ3v) is 18.2. The molecule has 4 aliphatic rings. The van der Waals surface area contributed by atoms with Gasteiger partial charge in [-0.1, -0.05) is 50.6 Å². The smallest absolute Gasteiger partial charge is 0.264 e. The van der Waals surface area contributed by atoms with Gasteiger partial charge in [0.2, 0.25) is 10.0 Å². The van der Waals surface area contributed by atoms with Crippen LogP contribution in [0.3, 0.4) is 0 Å². The summed E-state index contributed by atoms with van der Waals surface area (Å²) in [6.07, 6.45) is 8.70. The number of hydrogen-bond acceptors (Lipinski definition) is 7. The van der Waals surface area contributed by atoms with Gasteiger partial charge >= 0.3 is 0 Å². The van der Waals surface area contributed by atoms with E-state index in [0.29, 0.717) is 31.9 Å². The van der Waals surface area contributed by atoms with Gasteiger partial charge in [-0.2, -0.15) is 0 Å². The van der Waals surface area contributed by atoms with Crippen LogP contribution in [-0.4, -0.2) is 65.4 Å². The number of aliphatic hydroxyl groups excluding tert-OH is 1. The highest BCUT2D eigenvalue weighted by Gasteiger charge is 2.45. The lowest BCUT2D eigenvalue weighted by Crippen LogP contribution is -2.49. The number of benzene rings is 2. The summed E-state index contributed by atoms with van der Waals surface area (Å²) in [6, 6.07) is 11.4. The van der Waals surface area contributed by atoms with E-state index in [1.165, 1.54) is 11.1 Å². The van der Waals surface area contributed by atoms with Crippen LogP contribution in [-0.2, 0) is 26.3 Å². The number of fused-ring (bicyclic) bond motifs is 4. The molecule has 11 heteroatoms. The average Bonchev–Trinajstić information content (AvgIpc) is 3.14. The number of aliphatic hydroxyl groups is 1. The van der Waals surface area contributed by atoms with Crippen LogP contribution in [0.25, 0.3) is 0 Å². The van der Waals surface area contributed by atoms with Crippen LogP contribution in [0.5, 0.6) is 5.75 Å². The van der Waals surface area contributed by atoms with E-state index in [2.05, 4.69) is 55.6 Å². The fraction of sp³-hybridized carbons (Fsp3) is 0.595. The minimum absolute atomic E-state index is 0.000767. The molecule has 1 amide bonds. The number of hydrogen-bond donors (Lipinski definition) is 2. The summed E-state index contributed by atoms with van der Waals surface area (Å²) in [7, 11) is -6.35. The standard InChI is InChI=1S/C37H51ClN2O6SSi/c1-36(2,3)48(4,5)46-22-29-10-6-7-11-33(41)30-15-12-27(30)21-40-23-37(18-8-9-25-19-28(38)14-16-31(25)37)24-45-34-17-13-26(20-32(34)40)35(42)39-47(29,43)44/h7,11,13-14,16-17,19-20,27,29-30,33,41H,6,8-10,12,15,18,21-24H2,1-5H3,(H,39,42)/b11-7-/t27-,29-,30+,33-,37-/m0/s1. The molecule has 2 N–H and O–H groups in total. The van der Waals surface area contributed by atoms with E-state index in [-0.39, 0.29) is 40.9 Å². The summed E-state index contributed by atoms with van der Waals surface area (Å²) in [5.74, 6) is 0.372. The van der Waals surface area contributed by atoms with Crippen LogP contribution in [0, 0.1) is 11.8 Å². The van der Waals surface area contributed by atoms with Crippen LogP contribution in [0.1, 0.15) is 80.8 Å². The largest absolute Gasteiger partial charge is 0.490 e. The molecule has 2 heterocycles. The molecule has 1 fully saturated rings. The maximum atomic E-state index is 13.8. The molecule has 8 nitrogen and oxygen atoms in total. The molecule has 2 aromatic rings. The third kappa shape index (κ3) is 7.11. The van der Waals surface area contributed by atoms with Crippen molar-refractivity contribution in [2.75, 3.05) is 31.2 Å². The third-order valence-electron chi connectivity index (χ3n) is 11.8. The number of sulfonamides is 1. The molecular formula is C37H51ClN2O6SSi. The Morgan fingerprint density at radius 3 is 2.67 bits per heavy atom. The number of ether oxygens (including phenoxy) is 1. The Balaban J connectivity index is 1.36. The summed E-state index contributed by atoms with van der Waals surface area (Å²) in [5.41, 5.74) is 3.26. The van der Waals surface area contributed by atoms with E-state index in [4.69, 9.17) is 20.8 Å². The highest BCUT2D eigenvalue weighted by atomic mass is 35.5. The maximum Gasteiger partial charge on any atom is 0.264 e. The number of aryl methyl sites for hydroxylation is 1. The number of allylic oxidation sites excluding steroid dienone is 1. The molecule has 262 valence electrons. The second-order valence-electron chi connectivity index (χ2n) is 16.0. The molecule has 0 saturated heterocycles. The van der Waals surface area contributed by atoms with Gasteiger partial charge in [0.1, 0.15) is 11.0 Å². The molecular weight excluding hydrogens is 664 g/mol. The number of nitrogens with one attached hydrogen (secondary N) is 1. The second kappa shape index (κ2) is 13.4. The van der Waals surface area contributed by atoms with Crippen molar-refractivity contribution in [3.8, 4) is 5.75 Å². The van der Waals surface area contributed by atoms with Crippen molar-refractivity contribution < 1.29 is 27.5 Å². The summed E-state index contributed by atoms with van der Waals surface area (Å²) in [4.78, 5) is 16.0. The van der Waals surface area contributed by atoms with E-state index < -0.39 is 35.6 Å². The fourth-order valence-electron chi connectivity index (χ4n) is 7.59. The Hall–Kier alpha value is -2.37. The van der Waals surface area contributed by atoms with E-state index in [9.17, 15) is 18.3 Å². The number of carbonyl (C=O) groups is 1.